The number of hydrogen-bond donors (Lipinski definition) is 3. The van der Waals surface area contributed by atoms with Gasteiger partial charge in [-0.15, -0.1) is 0 Å². The maximum absolute atomic E-state index is 11.7. The van der Waals surface area contributed by atoms with E-state index in [9.17, 15) is 13.5 Å². The summed E-state index contributed by atoms with van der Waals surface area (Å²) in [5.41, 5.74) is 0. The van der Waals surface area contributed by atoms with Gasteiger partial charge in [0.25, 0.3) is 0 Å². The summed E-state index contributed by atoms with van der Waals surface area (Å²) in [5, 5.41) is 9.58. The van der Waals surface area contributed by atoms with E-state index in [4.69, 9.17) is 0 Å². The van der Waals surface area contributed by atoms with Crippen molar-refractivity contribution >= 4 is 10.0 Å². The molecule has 1 aliphatic carbocycles. The molecule has 1 heterocycles. The molecule has 90 valence electrons. The smallest absolute Gasteiger partial charge is 0.242 e. The van der Waals surface area contributed by atoms with Gasteiger partial charge in [-0.25, -0.2) is 13.1 Å². The second-order valence-corrected chi connectivity index (χ2v) is 5.92. The topological polar surface area (TPSA) is 82.2 Å². The van der Waals surface area contributed by atoms with Crippen LogP contribution in [0, 0.1) is 5.92 Å². The molecule has 1 aliphatic rings. The Hall–Kier alpha value is -0.850. The molecular formula is C10H16N2O3S. The van der Waals surface area contributed by atoms with Crippen molar-refractivity contribution in [2.75, 3.05) is 6.54 Å². The number of aromatic nitrogens is 1. The zero-order chi connectivity index (χ0) is 11.6. The summed E-state index contributed by atoms with van der Waals surface area (Å²) in [7, 11) is -3.42. The maximum Gasteiger partial charge on any atom is 0.242 e. The van der Waals surface area contributed by atoms with E-state index in [1.807, 2.05) is 0 Å². The van der Waals surface area contributed by atoms with Crippen LogP contribution in [0.4, 0.5) is 0 Å². The van der Waals surface area contributed by atoms with Crippen LogP contribution in [0.25, 0.3) is 0 Å². The number of aromatic amines is 1. The average molecular weight is 244 g/mol. The highest BCUT2D eigenvalue weighted by atomic mass is 32.2. The van der Waals surface area contributed by atoms with Crippen molar-refractivity contribution in [3.05, 3.63) is 18.5 Å². The van der Waals surface area contributed by atoms with Gasteiger partial charge in [-0.2, -0.15) is 0 Å². The molecule has 0 bridgehead atoms. The van der Waals surface area contributed by atoms with E-state index in [2.05, 4.69) is 9.71 Å². The van der Waals surface area contributed by atoms with Gasteiger partial charge in [-0.1, -0.05) is 6.42 Å². The third kappa shape index (κ3) is 2.45. The van der Waals surface area contributed by atoms with Gasteiger partial charge < -0.3 is 10.1 Å². The average Bonchev–Trinajstić information content (AvgIpc) is 2.85. The first-order valence-corrected chi connectivity index (χ1v) is 6.88. The summed E-state index contributed by atoms with van der Waals surface area (Å²) in [6.45, 7) is 0.314. The summed E-state index contributed by atoms with van der Waals surface area (Å²) in [6, 6.07) is 1.51. The SMILES string of the molecule is O=S(=O)(NCC1CCCC1O)c1cc[nH]c1. The second kappa shape index (κ2) is 4.57. The molecular weight excluding hydrogens is 228 g/mol. The highest BCUT2D eigenvalue weighted by Crippen LogP contribution is 2.25. The summed E-state index contributed by atoms with van der Waals surface area (Å²) in [6.07, 6.45) is 5.27. The van der Waals surface area contributed by atoms with Gasteiger partial charge in [0.1, 0.15) is 0 Å². The highest BCUT2D eigenvalue weighted by molar-refractivity contribution is 7.89. The second-order valence-electron chi connectivity index (χ2n) is 4.16. The highest BCUT2D eigenvalue weighted by Gasteiger charge is 2.26. The van der Waals surface area contributed by atoms with Gasteiger partial charge in [-0.05, 0) is 24.8 Å². The van der Waals surface area contributed by atoms with Crippen molar-refractivity contribution in [2.45, 2.75) is 30.3 Å². The lowest BCUT2D eigenvalue weighted by molar-refractivity contribution is 0.134. The third-order valence-electron chi connectivity index (χ3n) is 3.03. The fourth-order valence-corrected chi connectivity index (χ4v) is 3.10. The fourth-order valence-electron chi connectivity index (χ4n) is 2.03. The Morgan fingerprint density at radius 1 is 1.50 bits per heavy atom. The summed E-state index contributed by atoms with van der Waals surface area (Å²) in [5.74, 6) is 0.0497. The van der Waals surface area contributed by atoms with E-state index in [1.165, 1.54) is 12.3 Å². The van der Waals surface area contributed by atoms with E-state index in [0.717, 1.165) is 19.3 Å². The number of sulfonamides is 1. The van der Waals surface area contributed by atoms with Crippen LogP contribution in [0.5, 0.6) is 0 Å². The molecule has 0 amide bonds. The van der Waals surface area contributed by atoms with Crippen LogP contribution in [-0.2, 0) is 10.0 Å². The van der Waals surface area contributed by atoms with E-state index in [-0.39, 0.29) is 16.9 Å². The molecule has 1 fully saturated rings. The lowest BCUT2D eigenvalue weighted by atomic mass is 10.1. The summed E-state index contributed by atoms with van der Waals surface area (Å²) < 4.78 is 26.0. The van der Waals surface area contributed by atoms with Crippen LogP contribution in [0.15, 0.2) is 23.4 Å². The zero-order valence-corrected chi connectivity index (χ0v) is 9.70. The Bertz CT molecular complexity index is 427. The Balaban J connectivity index is 1.95. The molecule has 1 aromatic heterocycles. The van der Waals surface area contributed by atoms with Crippen LogP contribution in [0.2, 0.25) is 0 Å². The minimum absolute atomic E-state index is 0.0497. The van der Waals surface area contributed by atoms with Gasteiger partial charge in [0.15, 0.2) is 0 Å². The zero-order valence-electron chi connectivity index (χ0n) is 8.89. The molecule has 16 heavy (non-hydrogen) atoms. The van der Waals surface area contributed by atoms with E-state index >= 15 is 0 Å². The van der Waals surface area contributed by atoms with Crippen LogP contribution in [0.3, 0.4) is 0 Å². The van der Waals surface area contributed by atoms with E-state index in [0.29, 0.717) is 6.54 Å². The number of nitrogens with one attached hydrogen (secondary N) is 2. The number of aliphatic hydroxyl groups is 1. The van der Waals surface area contributed by atoms with Crippen molar-refractivity contribution in [1.82, 2.24) is 9.71 Å². The molecule has 5 nitrogen and oxygen atoms in total. The van der Waals surface area contributed by atoms with Crippen LogP contribution in [0.1, 0.15) is 19.3 Å². The normalized spacial score (nSPS) is 26.1. The molecule has 1 saturated carbocycles. The van der Waals surface area contributed by atoms with Crippen LogP contribution >= 0.6 is 0 Å². The molecule has 1 aromatic rings. The van der Waals surface area contributed by atoms with Crippen molar-refractivity contribution in [3.8, 4) is 0 Å². The van der Waals surface area contributed by atoms with Gasteiger partial charge in [0.2, 0.25) is 10.0 Å². The molecule has 2 atom stereocenters. The summed E-state index contributed by atoms with van der Waals surface area (Å²) >= 11 is 0. The molecule has 3 N–H and O–H groups in total. The van der Waals surface area contributed by atoms with Gasteiger partial charge in [0.05, 0.1) is 11.0 Å². The fraction of sp³-hybridized carbons (Fsp3) is 0.600. The lowest BCUT2D eigenvalue weighted by Gasteiger charge is -2.14. The number of H-pyrrole nitrogens is 1. The van der Waals surface area contributed by atoms with Crippen molar-refractivity contribution < 1.29 is 13.5 Å². The molecule has 0 radical (unpaired) electrons. The number of hydrogen-bond acceptors (Lipinski definition) is 3. The Morgan fingerprint density at radius 2 is 2.31 bits per heavy atom. The lowest BCUT2D eigenvalue weighted by Crippen LogP contribution is -2.32. The van der Waals surface area contributed by atoms with Crippen LogP contribution < -0.4 is 4.72 Å². The standard InChI is InChI=1S/C10H16N2O3S/c13-10-3-1-2-8(10)6-12-16(14,15)9-4-5-11-7-9/h4-5,7-8,10-13H,1-3,6H2. The predicted molar refractivity (Wildman–Crippen MR) is 59.3 cm³/mol. The molecule has 0 aromatic carbocycles. The van der Waals surface area contributed by atoms with E-state index in [1.54, 1.807) is 6.20 Å². The first-order valence-electron chi connectivity index (χ1n) is 5.40. The maximum atomic E-state index is 11.7. The van der Waals surface area contributed by atoms with Gasteiger partial charge >= 0.3 is 0 Å². The van der Waals surface area contributed by atoms with E-state index < -0.39 is 10.0 Å². The third-order valence-corrected chi connectivity index (χ3v) is 4.46. The van der Waals surface area contributed by atoms with Gasteiger partial charge in [-0.3, -0.25) is 0 Å². The van der Waals surface area contributed by atoms with Crippen molar-refractivity contribution in [3.63, 3.8) is 0 Å². The summed E-state index contributed by atoms with van der Waals surface area (Å²) in [4.78, 5) is 2.94. The Labute approximate surface area is 94.9 Å². The molecule has 0 aliphatic heterocycles. The molecule has 0 spiro atoms. The Kier molecular flexibility index (Phi) is 3.32. The molecule has 0 saturated heterocycles. The number of aliphatic hydroxyl groups excluding tert-OH is 1. The minimum atomic E-state index is -3.42. The quantitative estimate of drug-likeness (QED) is 0.719. The molecule has 2 unspecified atom stereocenters. The first-order chi connectivity index (χ1) is 7.59. The van der Waals surface area contributed by atoms with Gasteiger partial charge in [0, 0.05) is 18.9 Å². The predicted octanol–water partition coefficient (Wildman–Crippen LogP) is 0.454. The first kappa shape index (κ1) is 11.6. The van der Waals surface area contributed by atoms with Crippen molar-refractivity contribution in [2.24, 2.45) is 5.92 Å². The largest absolute Gasteiger partial charge is 0.393 e. The minimum Gasteiger partial charge on any atom is -0.393 e. The monoisotopic (exact) mass is 244 g/mol. The molecule has 2 rings (SSSR count). The van der Waals surface area contributed by atoms with Crippen molar-refractivity contribution in [1.29, 1.82) is 0 Å². The molecule has 6 heteroatoms. The Morgan fingerprint density at radius 3 is 2.88 bits per heavy atom. The number of rotatable bonds is 4. The van der Waals surface area contributed by atoms with Crippen LogP contribution in [-0.4, -0.2) is 31.2 Å².